The topological polar surface area (TPSA) is 157 Å². The lowest BCUT2D eigenvalue weighted by molar-refractivity contribution is -0.196. The van der Waals surface area contributed by atoms with Crippen LogP contribution < -0.4 is 0 Å². The summed E-state index contributed by atoms with van der Waals surface area (Å²) < 4.78 is 55.1. The number of thioether (sulfide) groups is 1. The van der Waals surface area contributed by atoms with E-state index in [0.29, 0.717) is 4.90 Å². The van der Waals surface area contributed by atoms with Gasteiger partial charge in [0.2, 0.25) is 0 Å². The number of ether oxygens (including phenoxy) is 2. The van der Waals surface area contributed by atoms with E-state index in [1.165, 1.54) is 22.6 Å². The fraction of sp³-hybridized carbons (Fsp3) is 0.333. The van der Waals surface area contributed by atoms with Gasteiger partial charge in [-0.05, 0) is 34.1 Å². The standard InChI is InChI=1S/C21H18BrF3N8O4S/c22-10-3-11(5-26-4-10)38-21-20(36-8-16-28-30-31-29-16)18(19(35)15(7-34)37-21)33-6-14(27-32-33)9-1-12(23)17(25)13(24)2-9/h1-6,15,18-21,34-35H,7-8H2,(H,28,29,30,31)/t15-,18+,19+,20-,21-/m1/s1. The number of aromatic nitrogens is 8. The van der Waals surface area contributed by atoms with Crippen LogP contribution in [-0.4, -0.2) is 81.2 Å². The number of aliphatic hydroxyl groups excluding tert-OH is 2. The number of hydrogen-bond acceptors (Lipinski definition) is 11. The van der Waals surface area contributed by atoms with E-state index in [1.807, 2.05) is 0 Å². The summed E-state index contributed by atoms with van der Waals surface area (Å²) >= 11 is 4.59. The second-order valence-corrected chi connectivity index (χ2v) is 10.2. The van der Waals surface area contributed by atoms with Crippen LogP contribution in [0.2, 0.25) is 0 Å². The van der Waals surface area contributed by atoms with Gasteiger partial charge in [-0.25, -0.2) is 17.9 Å². The van der Waals surface area contributed by atoms with Crippen molar-refractivity contribution in [2.75, 3.05) is 6.61 Å². The molecule has 0 bridgehead atoms. The van der Waals surface area contributed by atoms with Crippen LogP contribution in [0, 0.1) is 17.5 Å². The first-order chi connectivity index (χ1) is 18.3. The average Bonchev–Trinajstić information content (AvgIpc) is 3.59. The number of tetrazole rings is 1. The maximum absolute atomic E-state index is 13.8. The molecule has 0 saturated carbocycles. The minimum absolute atomic E-state index is 0.0133. The number of aliphatic hydroxyl groups is 2. The molecule has 1 aliphatic rings. The molecule has 17 heteroatoms. The molecule has 0 unspecified atom stereocenters. The van der Waals surface area contributed by atoms with Crippen molar-refractivity contribution >= 4 is 27.7 Å². The fourth-order valence-corrected chi connectivity index (χ4v) is 5.57. The molecular weight excluding hydrogens is 597 g/mol. The highest BCUT2D eigenvalue weighted by Gasteiger charge is 2.48. The summed E-state index contributed by atoms with van der Waals surface area (Å²) in [6, 6.07) is 2.37. The Morgan fingerprint density at radius 1 is 1.16 bits per heavy atom. The molecule has 4 aromatic rings. The number of benzene rings is 1. The van der Waals surface area contributed by atoms with E-state index in [4.69, 9.17) is 9.47 Å². The summed E-state index contributed by atoms with van der Waals surface area (Å²) in [5, 5.41) is 42.6. The number of pyridine rings is 1. The van der Waals surface area contributed by atoms with Crippen LogP contribution in [0.5, 0.6) is 0 Å². The highest BCUT2D eigenvalue weighted by Crippen LogP contribution is 2.40. The number of aromatic amines is 1. The molecule has 38 heavy (non-hydrogen) atoms. The number of H-pyrrole nitrogens is 1. The quantitative estimate of drug-likeness (QED) is 0.249. The molecule has 5 rings (SSSR count). The Balaban J connectivity index is 1.51. The lowest BCUT2D eigenvalue weighted by atomic mass is 9.97. The molecule has 4 heterocycles. The molecule has 1 aliphatic heterocycles. The van der Waals surface area contributed by atoms with Crippen molar-refractivity contribution < 1.29 is 32.9 Å². The van der Waals surface area contributed by atoms with E-state index in [9.17, 15) is 23.4 Å². The molecule has 0 radical (unpaired) electrons. The summed E-state index contributed by atoms with van der Waals surface area (Å²) in [6.07, 6.45) is 1.21. The third-order valence-electron chi connectivity index (χ3n) is 5.65. The normalized spacial score (nSPS) is 23.6. The Hall–Kier alpha value is -2.96. The Bertz CT molecular complexity index is 1380. The highest BCUT2D eigenvalue weighted by atomic mass is 79.9. The molecule has 5 atom stereocenters. The van der Waals surface area contributed by atoms with Gasteiger partial charge in [0.15, 0.2) is 23.3 Å². The van der Waals surface area contributed by atoms with E-state index < -0.39 is 53.8 Å². The lowest BCUT2D eigenvalue weighted by Crippen LogP contribution is -2.55. The molecule has 3 N–H and O–H groups in total. The van der Waals surface area contributed by atoms with Crippen molar-refractivity contribution in [3.63, 3.8) is 0 Å². The second-order valence-electron chi connectivity index (χ2n) is 8.10. The van der Waals surface area contributed by atoms with E-state index in [2.05, 4.69) is 51.9 Å². The molecule has 0 spiro atoms. The van der Waals surface area contributed by atoms with Crippen LogP contribution >= 0.6 is 27.7 Å². The Morgan fingerprint density at radius 3 is 2.63 bits per heavy atom. The summed E-state index contributed by atoms with van der Waals surface area (Å²) in [5.41, 5.74) is -0.862. The van der Waals surface area contributed by atoms with Crippen molar-refractivity contribution in [2.24, 2.45) is 0 Å². The van der Waals surface area contributed by atoms with Crippen LogP contribution in [-0.2, 0) is 16.1 Å². The third-order valence-corrected chi connectivity index (χ3v) is 7.19. The fourth-order valence-electron chi connectivity index (χ4n) is 3.90. The zero-order valence-corrected chi connectivity index (χ0v) is 21.4. The minimum Gasteiger partial charge on any atom is -0.394 e. The summed E-state index contributed by atoms with van der Waals surface area (Å²) in [6.45, 7) is -0.653. The SMILES string of the molecule is OC[C@H]1O[C@H](Sc2cncc(Br)c2)[C@H](OCc2nn[nH]n2)[C@@H](n2cc(-c3cc(F)c(F)c(F)c3)nn2)[C@H]1O. The number of hydrogen-bond donors (Lipinski definition) is 3. The number of halogens is 4. The zero-order valence-electron chi connectivity index (χ0n) is 19.0. The van der Waals surface area contributed by atoms with Gasteiger partial charge < -0.3 is 19.7 Å². The number of rotatable bonds is 8. The second kappa shape index (κ2) is 11.4. The minimum atomic E-state index is -1.61. The molecule has 200 valence electrons. The summed E-state index contributed by atoms with van der Waals surface area (Å²) in [7, 11) is 0. The van der Waals surface area contributed by atoms with Crippen molar-refractivity contribution in [2.45, 2.75) is 41.3 Å². The first-order valence-corrected chi connectivity index (χ1v) is 12.6. The van der Waals surface area contributed by atoms with E-state index in [0.717, 1.165) is 16.6 Å². The van der Waals surface area contributed by atoms with Crippen LogP contribution in [0.3, 0.4) is 0 Å². The first kappa shape index (κ1) is 26.6. The van der Waals surface area contributed by atoms with Gasteiger partial charge in [0.25, 0.3) is 0 Å². The molecule has 3 aromatic heterocycles. The molecule has 1 saturated heterocycles. The maximum atomic E-state index is 13.8. The van der Waals surface area contributed by atoms with E-state index >= 15 is 0 Å². The predicted octanol–water partition coefficient (Wildman–Crippen LogP) is 2.03. The molecule has 12 nitrogen and oxygen atoms in total. The molecule has 0 aliphatic carbocycles. The maximum Gasteiger partial charge on any atom is 0.200 e. The van der Waals surface area contributed by atoms with Gasteiger partial charge in [-0.15, -0.1) is 15.3 Å². The first-order valence-electron chi connectivity index (χ1n) is 11.0. The van der Waals surface area contributed by atoms with Gasteiger partial charge in [-0.3, -0.25) is 4.98 Å². The average molecular weight is 615 g/mol. The van der Waals surface area contributed by atoms with Crippen LogP contribution in [0.4, 0.5) is 13.2 Å². The molecule has 1 aromatic carbocycles. The van der Waals surface area contributed by atoms with Crippen LogP contribution in [0.15, 0.2) is 46.2 Å². The van der Waals surface area contributed by atoms with Gasteiger partial charge in [-0.1, -0.05) is 22.2 Å². The molecular formula is C21H18BrF3N8O4S. The lowest BCUT2D eigenvalue weighted by Gasteiger charge is -2.43. The van der Waals surface area contributed by atoms with Crippen molar-refractivity contribution in [1.29, 1.82) is 0 Å². The van der Waals surface area contributed by atoms with E-state index in [1.54, 1.807) is 18.5 Å². The smallest absolute Gasteiger partial charge is 0.200 e. The summed E-state index contributed by atoms with van der Waals surface area (Å²) in [4.78, 5) is 4.83. The van der Waals surface area contributed by atoms with E-state index in [-0.39, 0.29) is 23.7 Å². The monoisotopic (exact) mass is 614 g/mol. The Labute approximate surface area is 224 Å². The highest BCUT2D eigenvalue weighted by molar-refractivity contribution is 9.10. The van der Waals surface area contributed by atoms with Gasteiger partial charge in [0.1, 0.15) is 42.1 Å². The van der Waals surface area contributed by atoms with Crippen molar-refractivity contribution in [3.05, 3.63) is 64.5 Å². The Morgan fingerprint density at radius 2 is 1.95 bits per heavy atom. The van der Waals surface area contributed by atoms with Crippen molar-refractivity contribution in [1.82, 2.24) is 40.6 Å². The van der Waals surface area contributed by atoms with Gasteiger partial charge in [-0.2, -0.15) is 5.21 Å². The largest absolute Gasteiger partial charge is 0.394 e. The van der Waals surface area contributed by atoms with Crippen molar-refractivity contribution in [3.8, 4) is 11.3 Å². The number of nitrogens with one attached hydrogen (secondary N) is 1. The third kappa shape index (κ3) is 5.57. The summed E-state index contributed by atoms with van der Waals surface area (Å²) in [5.74, 6) is -4.15. The zero-order chi connectivity index (χ0) is 26.8. The van der Waals surface area contributed by atoms with Crippen LogP contribution in [0.1, 0.15) is 11.9 Å². The van der Waals surface area contributed by atoms with Gasteiger partial charge in [0, 0.05) is 27.3 Å². The molecule has 0 amide bonds. The van der Waals surface area contributed by atoms with Gasteiger partial charge >= 0.3 is 0 Å². The van der Waals surface area contributed by atoms with Crippen LogP contribution in [0.25, 0.3) is 11.3 Å². The van der Waals surface area contributed by atoms with Gasteiger partial charge in [0.05, 0.1) is 12.8 Å². The Kier molecular flexibility index (Phi) is 8.01. The molecule has 1 fully saturated rings. The predicted molar refractivity (Wildman–Crippen MR) is 127 cm³/mol. The number of nitrogens with zero attached hydrogens (tertiary/aromatic N) is 7.